The number of carbonyl (C=O) groups excluding carboxylic acids is 1. The number of nitrogens with zero attached hydrogens (tertiary/aromatic N) is 1. The molecule has 3 aromatic carbocycles. The average molecular weight is 487 g/mol. The fraction of sp³-hybridized carbons (Fsp3) is 0.208. The molecule has 1 amide bonds. The van der Waals surface area contributed by atoms with E-state index in [4.69, 9.17) is 0 Å². The van der Waals surface area contributed by atoms with Crippen LogP contribution in [0, 0.1) is 0 Å². The number of carbonyl (C=O) groups is 1. The van der Waals surface area contributed by atoms with Gasteiger partial charge in [-0.05, 0) is 42.3 Å². The van der Waals surface area contributed by atoms with Crippen LogP contribution in [0.2, 0.25) is 0 Å². The van der Waals surface area contributed by atoms with Gasteiger partial charge in [0, 0.05) is 12.8 Å². The van der Waals surface area contributed by atoms with Crippen LogP contribution in [-0.2, 0) is 31.2 Å². The second-order valence-electron chi connectivity index (χ2n) is 7.70. The smallest absolute Gasteiger partial charge is 0.243 e. The van der Waals surface area contributed by atoms with Gasteiger partial charge in [-0.3, -0.25) is 4.79 Å². The van der Waals surface area contributed by atoms with Gasteiger partial charge in [0.15, 0.2) is 9.84 Å². The van der Waals surface area contributed by atoms with Crippen molar-refractivity contribution >= 4 is 25.8 Å². The average Bonchev–Trinajstić information content (AvgIpc) is 2.79. The lowest BCUT2D eigenvalue weighted by molar-refractivity contribution is -0.122. The quantitative estimate of drug-likeness (QED) is 0.501. The summed E-state index contributed by atoms with van der Waals surface area (Å²) in [5.74, 6) is -0.467. The molecule has 0 heterocycles. The van der Waals surface area contributed by atoms with E-state index in [1.54, 1.807) is 49.4 Å². The first kappa shape index (κ1) is 24.6. The summed E-state index contributed by atoms with van der Waals surface area (Å²) in [7, 11) is -7.23. The molecule has 0 aliphatic heterocycles. The van der Waals surface area contributed by atoms with Crippen LogP contribution in [0.4, 0.5) is 0 Å². The van der Waals surface area contributed by atoms with Gasteiger partial charge in [-0.25, -0.2) is 16.8 Å². The van der Waals surface area contributed by atoms with Crippen LogP contribution in [0.5, 0.6) is 0 Å². The van der Waals surface area contributed by atoms with Crippen LogP contribution < -0.4 is 5.32 Å². The van der Waals surface area contributed by atoms with E-state index in [1.807, 2.05) is 18.2 Å². The number of nitrogens with one attached hydrogen (secondary N) is 1. The molecule has 0 saturated carbocycles. The standard InChI is InChI=1S/C24H26N2O5S2/c1-19(21-13-15-22(16-14-21)32(2,28)29)25-24(27)18-26(17-20-9-5-3-6-10-20)33(30,31)23-11-7-4-8-12-23/h3-16,19H,17-18H2,1-2H3,(H,25,27). The molecule has 0 aliphatic rings. The van der Waals surface area contributed by atoms with Gasteiger partial charge in [0.2, 0.25) is 15.9 Å². The fourth-order valence-corrected chi connectivity index (χ4v) is 5.32. The molecule has 0 fully saturated rings. The van der Waals surface area contributed by atoms with Crippen LogP contribution in [0.3, 0.4) is 0 Å². The Morgan fingerprint density at radius 2 is 1.36 bits per heavy atom. The monoisotopic (exact) mass is 486 g/mol. The molecule has 0 aromatic heterocycles. The Hall–Kier alpha value is -3.01. The van der Waals surface area contributed by atoms with Crippen molar-refractivity contribution in [3.05, 3.63) is 96.1 Å². The minimum Gasteiger partial charge on any atom is -0.348 e. The molecule has 9 heteroatoms. The van der Waals surface area contributed by atoms with Gasteiger partial charge in [0.05, 0.1) is 22.4 Å². The molecule has 0 radical (unpaired) electrons. The predicted molar refractivity (Wildman–Crippen MR) is 127 cm³/mol. The summed E-state index contributed by atoms with van der Waals surface area (Å²) >= 11 is 0. The Morgan fingerprint density at radius 3 is 1.91 bits per heavy atom. The molecular weight excluding hydrogens is 460 g/mol. The van der Waals surface area contributed by atoms with Crippen molar-refractivity contribution in [1.29, 1.82) is 0 Å². The van der Waals surface area contributed by atoms with Crippen molar-refractivity contribution in [1.82, 2.24) is 9.62 Å². The van der Waals surface area contributed by atoms with E-state index in [0.717, 1.165) is 16.1 Å². The molecule has 0 bridgehead atoms. The highest BCUT2D eigenvalue weighted by atomic mass is 32.2. The van der Waals surface area contributed by atoms with Gasteiger partial charge in [0.1, 0.15) is 0 Å². The van der Waals surface area contributed by atoms with Crippen molar-refractivity contribution in [3.8, 4) is 0 Å². The summed E-state index contributed by atoms with van der Waals surface area (Å²) in [4.78, 5) is 13.1. The molecule has 0 spiro atoms. The molecule has 3 rings (SSSR count). The second kappa shape index (κ2) is 10.3. The maximum Gasteiger partial charge on any atom is 0.243 e. The van der Waals surface area contributed by atoms with Crippen LogP contribution in [0.15, 0.2) is 94.7 Å². The van der Waals surface area contributed by atoms with E-state index in [2.05, 4.69) is 5.32 Å². The summed E-state index contributed by atoms with van der Waals surface area (Å²) in [6, 6.07) is 22.8. The largest absolute Gasteiger partial charge is 0.348 e. The predicted octanol–water partition coefficient (Wildman–Crippen LogP) is 3.16. The highest BCUT2D eigenvalue weighted by Gasteiger charge is 2.27. The molecule has 1 unspecified atom stereocenters. The van der Waals surface area contributed by atoms with Gasteiger partial charge in [0.25, 0.3) is 0 Å². The summed E-state index contributed by atoms with van der Waals surface area (Å²) in [6.07, 6.45) is 1.13. The van der Waals surface area contributed by atoms with Gasteiger partial charge in [-0.1, -0.05) is 60.7 Å². The van der Waals surface area contributed by atoms with Crippen molar-refractivity contribution < 1.29 is 21.6 Å². The lowest BCUT2D eigenvalue weighted by Crippen LogP contribution is -2.41. The van der Waals surface area contributed by atoms with Gasteiger partial charge >= 0.3 is 0 Å². The van der Waals surface area contributed by atoms with Gasteiger partial charge in [-0.15, -0.1) is 0 Å². The maximum atomic E-state index is 13.2. The number of sulfone groups is 1. The lowest BCUT2D eigenvalue weighted by Gasteiger charge is -2.23. The van der Waals surface area contributed by atoms with E-state index in [-0.39, 0.29) is 22.9 Å². The van der Waals surface area contributed by atoms with Gasteiger partial charge in [-0.2, -0.15) is 4.31 Å². The van der Waals surface area contributed by atoms with Crippen molar-refractivity contribution in [2.24, 2.45) is 0 Å². The lowest BCUT2D eigenvalue weighted by atomic mass is 10.1. The molecule has 7 nitrogen and oxygen atoms in total. The Bertz CT molecular complexity index is 1290. The van der Waals surface area contributed by atoms with Crippen LogP contribution >= 0.6 is 0 Å². The molecule has 33 heavy (non-hydrogen) atoms. The zero-order valence-corrected chi connectivity index (χ0v) is 20.0. The van der Waals surface area contributed by atoms with E-state index in [9.17, 15) is 21.6 Å². The normalized spacial score (nSPS) is 12.9. The third kappa shape index (κ3) is 6.50. The van der Waals surface area contributed by atoms with Crippen LogP contribution in [-0.4, -0.2) is 39.8 Å². The van der Waals surface area contributed by atoms with E-state index in [1.165, 1.54) is 24.3 Å². The second-order valence-corrected chi connectivity index (χ2v) is 11.7. The molecule has 0 saturated heterocycles. The first-order valence-electron chi connectivity index (χ1n) is 10.3. The molecule has 0 aliphatic carbocycles. The van der Waals surface area contributed by atoms with Gasteiger partial charge < -0.3 is 5.32 Å². The fourth-order valence-electron chi connectivity index (χ4n) is 3.29. The number of hydrogen-bond donors (Lipinski definition) is 1. The molecule has 174 valence electrons. The van der Waals surface area contributed by atoms with E-state index < -0.39 is 31.8 Å². The highest BCUT2D eigenvalue weighted by molar-refractivity contribution is 7.90. The molecule has 3 aromatic rings. The number of benzene rings is 3. The minimum absolute atomic E-state index is 0.0446. The highest BCUT2D eigenvalue weighted by Crippen LogP contribution is 2.19. The summed E-state index contributed by atoms with van der Waals surface area (Å²) in [5.41, 5.74) is 1.46. The van der Waals surface area contributed by atoms with E-state index >= 15 is 0 Å². The summed E-state index contributed by atoms with van der Waals surface area (Å²) in [5, 5.41) is 2.80. The Morgan fingerprint density at radius 1 is 0.818 bits per heavy atom. The first-order chi connectivity index (χ1) is 15.6. The Labute approximate surface area is 195 Å². The topological polar surface area (TPSA) is 101 Å². The molecular formula is C24H26N2O5S2. The van der Waals surface area contributed by atoms with Crippen molar-refractivity contribution in [3.63, 3.8) is 0 Å². The number of rotatable bonds is 9. The Kier molecular flexibility index (Phi) is 7.68. The SMILES string of the molecule is CC(NC(=O)CN(Cc1ccccc1)S(=O)(=O)c1ccccc1)c1ccc(S(C)(=O)=O)cc1. The van der Waals surface area contributed by atoms with E-state index in [0.29, 0.717) is 5.56 Å². The zero-order chi connectivity index (χ0) is 24.1. The van der Waals surface area contributed by atoms with Crippen molar-refractivity contribution in [2.45, 2.75) is 29.3 Å². The number of sulfonamides is 1. The van der Waals surface area contributed by atoms with Crippen LogP contribution in [0.25, 0.3) is 0 Å². The minimum atomic E-state index is -3.91. The Balaban J connectivity index is 1.78. The van der Waals surface area contributed by atoms with Crippen LogP contribution in [0.1, 0.15) is 24.1 Å². The summed E-state index contributed by atoms with van der Waals surface area (Å²) in [6.45, 7) is 1.43. The van der Waals surface area contributed by atoms with Crippen molar-refractivity contribution in [2.75, 3.05) is 12.8 Å². The zero-order valence-electron chi connectivity index (χ0n) is 18.4. The first-order valence-corrected chi connectivity index (χ1v) is 13.6. The third-order valence-electron chi connectivity index (χ3n) is 5.09. The summed E-state index contributed by atoms with van der Waals surface area (Å²) < 4.78 is 50.9. The molecule has 1 atom stereocenters. The number of hydrogen-bond acceptors (Lipinski definition) is 5. The molecule has 1 N–H and O–H groups in total. The number of amides is 1. The maximum absolute atomic E-state index is 13.2. The third-order valence-corrected chi connectivity index (χ3v) is 8.02.